The number of aromatic nitrogens is 1. The number of aryl methyl sites for hydroxylation is 1. The van der Waals surface area contributed by atoms with E-state index < -0.39 is 0 Å². The zero-order chi connectivity index (χ0) is 13.4. The van der Waals surface area contributed by atoms with Gasteiger partial charge in [-0.05, 0) is 30.3 Å². The number of nitrogens with two attached hydrogens (primary N) is 1. The maximum atomic E-state index is 13.0. The SMILES string of the molecule is Cc1nc2ccc(Nc3ccc(F)cc3N)cc2o1. The quantitative estimate of drug-likeness (QED) is 0.688. The van der Waals surface area contributed by atoms with Gasteiger partial charge in [-0.1, -0.05) is 0 Å². The van der Waals surface area contributed by atoms with Crippen molar-refractivity contribution in [3.05, 3.63) is 48.1 Å². The van der Waals surface area contributed by atoms with Crippen molar-refractivity contribution < 1.29 is 8.81 Å². The number of anilines is 3. The van der Waals surface area contributed by atoms with Crippen LogP contribution in [0.25, 0.3) is 11.1 Å². The Kier molecular flexibility index (Phi) is 2.59. The number of nitrogens with one attached hydrogen (secondary N) is 1. The highest BCUT2D eigenvalue weighted by Crippen LogP contribution is 2.26. The van der Waals surface area contributed by atoms with Gasteiger partial charge in [-0.2, -0.15) is 0 Å². The Labute approximate surface area is 109 Å². The van der Waals surface area contributed by atoms with Gasteiger partial charge in [-0.15, -0.1) is 0 Å². The molecule has 19 heavy (non-hydrogen) atoms. The fourth-order valence-corrected chi connectivity index (χ4v) is 1.92. The molecule has 96 valence electrons. The first-order valence-corrected chi connectivity index (χ1v) is 5.81. The largest absolute Gasteiger partial charge is 0.441 e. The Morgan fingerprint density at radius 3 is 2.84 bits per heavy atom. The molecule has 0 bridgehead atoms. The first-order chi connectivity index (χ1) is 9.11. The minimum Gasteiger partial charge on any atom is -0.441 e. The van der Waals surface area contributed by atoms with Gasteiger partial charge in [0.1, 0.15) is 11.3 Å². The third-order valence-corrected chi connectivity index (χ3v) is 2.79. The molecule has 0 saturated carbocycles. The zero-order valence-electron chi connectivity index (χ0n) is 10.3. The number of halogens is 1. The normalized spacial score (nSPS) is 10.8. The molecule has 0 spiro atoms. The van der Waals surface area contributed by atoms with Crippen LogP contribution in [0, 0.1) is 12.7 Å². The van der Waals surface area contributed by atoms with Crippen LogP contribution in [0.3, 0.4) is 0 Å². The van der Waals surface area contributed by atoms with E-state index in [1.807, 2.05) is 18.2 Å². The molecule has 1 aromatic heterocycles. The number of nitrogens with zero attached hydrogens (tertiary/aromatic N) is 1. The minimum absolute atomic E-state index is 0.355. The van der Waals surface area contributed by atoms with Crippen molar-refractivity contribution in [3.63, 3.8) is 0 Å². The molecule has 0 unspecified atom stereocenters. The molecular weight excluding hydrogens is 245 g/mol. The molecule has 0 saturated heterocycles. The molecular formula is C14H12FN3O. The number of hydrogen-bond acceptors (Lipinski definition) is 4. The molecule has 1 heterocycles. The second-order valence-electron chi connectivity index (χ2n) is 4.27. The minimum atomic E-state index is -0.357. The Hall–Kier alpha value is -2.56. The van der Waals surface area contributed by atoms with Crippen molar-refractivity contribution in [1.82, 2.24) is 4.98 Å². The van der Waals surface area contributed by atoms with E-state index in [2.05, 4.69) is 10.3 Å². The van der Waals surface area contributed by atoms with Gasteiger partial charge in [0.05, 0.1) is 11.4 Å². The summed E-state index contributed by atoms with van der Waals surface area (Å²) in [4.78, 5) is 4.22. The van der Waals surface area contributed by atoms with Gasteiger partial charge >= 0.3 is 0 Å². The average Bonchev–Trinajstić information content (AvgIpc) is 2.72. The van der Waals surface area contributed by atoms with Crippen LogP contribution in [-0.4, -0.2) is 4.98 Å². The number of benzene rings is 2. The lowest BCUT2D eigenvalue weighted by molar-refractivity contribution is 0.561. The van der Waals surface area contributed by atoms with E-state index in [0.29, 0.717) is 22.8 Å². The molecule has 0 amide bonds. The summed E-state index contributed by atoms with van der Waals surface area (Å²) in [5, 5.41) is 3.12. The van der Waals surface area contributed by atoms with Gasteiger partial charge in [-0.3, -0.25) is 0 Å². The van der Waals surface area contributed by atoms with Crippen molar-refractivity contribution in [2.75, 3.05) is 11.1 Å². The van der Waals surface area contributed by atoms with Gasteiger partial charge in [0, 0.05) is 18.7 Å². The van der Waals surface area contributed by atoms with Crippen LogP contribution in [0.5, 0.6) is 0 Å². The van der Waals surface area contributed by atoms with Crippen LogP contribution in [0.15, 0.2) is 40.8 Å². The molecule has 5 heteroatoms. The predicted octanol–water partition coefficient (Wildman–Crippen LogP) is 3.60. The second-order valence-corrected chi connectivity index (χ2v) is 4.27. The molecule has 3 aromatic rings. The molecule has 2 aromatic carbocycles. The van der Waals surface area contributed by atoms with Crippen molar-refractivity contribution in [1.29, 1.82) is 0 Å². The van der Waals surface area contributed by atoms with Gasteiger partial charge in [-0.25, -0.2) is 9.37 Å². The van der Waals surface area contributed by atoms with Crippen molar-refractivity contribution >= 4 is 28.2 Å². The highest BCUT2D eigenvalue weighted by atomic mass is 19.1. The van der Waals surface area contributed by atoms with Gasteiger partial charge < -0.3 is 15.5 Å². The van der Waals surface area contributed by atoms with Crippen molar-refractivity contribution in [2.24, 2.45) is 0 Å². The number of fused-ring (bicyclic) bond motifs is 1. The molecule has 0 aliphatic heterocycles. The zero-order valence-corrected chi connectivity index (χ0v) is 10.3. The summed E-state index contributed by atoms with van der Waals surface area (Å²) in [5.41, 5.74) is 9.06. The summed E-state index contributed by atoms with van der Waals surface area (Å²) in [6, 6.07) is 9.79. The molecule has 0 radical (unpaired) electrons. The molecule has 0 aliphatic carbocycles. The number of nitrogen functional groups attached to an aromatic ring is 1. The average molecular weight is 257 g/mol. The van der Waals surface area contributed by atoms with Crippen molar-refractivity contribution in [3.8, 4) is 0 Å². The van der Waals surface area contributed by atoms with Gasteiger partial charge in [0.25, 0.3) is 0 Å². The summed E-state index contributed by atoms with van der Waals surface area (Å²) in [5.74, 6) is 0.262. The highest BCUT2D eigenvalue weighted by Gasteiger charge is 2.05. The fourth-order valence-electron chi connectivity index (χ4n) is 1.92. The molecule has 0 fully saturated rings. The molecule has 4 nitrogen and oxygen atoms in total. The lowest BCUT2D eigenvalue weighted by Gasteiger charge is -2.08. The first-order valence-electron chi connectivity index (χ1n) is 5.81. The van der Waals surface area contributed by atoms with E-state index in [1.54, 1.807) is 13.0 Å². The van der Waals surface area contributed by atoms with E-state index in [-0.39, 0.29) is 5.82 Å². The standard InChI is InChI=1S/C14H12FN3O/c1-8-17-13-5-3-10(7-14(13)19-8)18-12-4-2-9(15)6-11(12)16/h2-7,18H,16H2,1H3. The molecule has 3 N–H and O–H groups in total. The summed E-state index contributed by atoms with van der Waals surface area (Å²) in [6.45, 7) is 1.80. The van der Waals surface area contributed by atoms with Crippen LogP contribution >= 0.6 is 0 Å². The topological polar surface area (TPSA) is 64.1 Å². The monoisotopic (exact) mass is 257 g/mol. The van der Waals surface area contributed by atoms with Crippen LogP contribution in [0.1, 0.15) is 5.89 Å². The lowest BCUT2D eigenvalue weighted by Crippen LogP contribution is -1.96. The van der Waals surface area contributed by atoms with E-state index in [0.717, 1.165) is 11.2 Å². The summed E-state index contributed by atoms with van der Waals surface area (Å²) in [6.07, 6.45) is 0. The smallest absolute Gasteiger partial charge is 0.192 e. The molecule has 0 aliphatic rings. The summed E-state index contributed by atoms with van der Waals surface area (Å²) in [7, 11) is 0. The Bertz CT molecular complexity index is 752. The van der Waals surface area contributed by atoms with Crippen molar-refractivity contribution in [2.45, 2.75) is 6.92 Å². The third kappa shape index (κ3) is 2.22. The summed E-state index contributed by atoms with van der Waals surface area (Å²) < 4.78 is 18.4. The third-order valence-electron chi connectivity index (χ3n) is 2.79. The fraction of sp³-hybridized carbons (Fsp3) is 0.0714. The maximum Gasteiger partial charge on any atom is 0.192 e. The number of oxazole rings is 1. The Morgan fingerprint density at radius 1 is 1.21 bits per heavy atom. The van der Waals surface area contributed by atoms with E-state index in [1.165, 1.54) is 12.1 Å². The van der Waals surface area contributed by atoms with Gasteiger partial charge in [0.2, 0.25) is 0 Å². The first kappa shape index (κ1) is 11.5. The Balaban J connectivity index is 1.96. The number of rotatable bonds is 2. The van der Waals surface area contributed by atoms with E-state index >= 15 is 0 Å². The number of hydrogen-bond donors (Lipinski definition) is 2. The summed E-state index contributed by atoms with van der Waals surface area (Å²) >= 11 is 0. The van der Waals surface area contributed by atoms with E-state index in [4.69, 9.17) is 10.2 Å². The maximum absolute atomic E-state index is 13.0. The highest BCUT2D eigenvalue weighted by molar-refractivity contribution is 5.80. The molecule has 0 atom stereocenters. The molecule has 3 rings (SSSR count). The van der Waals surface area contributed by atoms with Gasteiger partial charge in [0.15, 0.2) is 11.5 Å². The van der Waals surface area contributed by atoms with Crippen LogP contribution in [0.2, 0.25) is 0 Å². The predicted molar refractivity (Wildman–Crippen MR) is 72.8 cm³/mol. The van der Waals surface area contributed by atoms with Crippen LogP contribution in [0.4, 0.5) is 21.5 Å². The van der Waals surface area contributed by atoms with Crippen LogP contribution in [-0.2, 0) is 0 Å². The van der Waals surface area contributed by atoms with E-state index in [9.17, 15) is 4.39 Å². The lowest BCUT2D eigenvalue weighted by atomic mass is 10.2. The second kappa shape index (κ2) is 4.28. The van der Waals surface area contributed by atoms with Crippen LogP contribution < -0.4 is 11.1 Å². The Morgan fingerprint density at radius 2 is 2.05 bits per heavy atom.